The van der Waals surface area contributed by atoms with Crippen molar-refractivity contribution in [3.05, 3.63) is 51.1 Å². The first-order valence-electron chi connectivity index (χ1n) is 4.97. The van der Waals surface area contributed by atoms with Gasteiger partial charge < -0.3 is 0 Å². The molecular weight excluding hydrogens is 256 g/mol. The standard InChI is InChI=1S/C12H7ClN2OS/c13-8-3-1-2-7(6-8)10-11-9(4-5-17-11)12(16)15-14-10/h1-6H,(H,15,16). The van der Waals surface area contributed by atoms with Crippen LogP contribution >= 0.6 is 22.9 Å². The monoisotopic (exact) mass is 262 g/mol. The van der Waals surface area contributed by atoms with Crippen LogP contribution in [0.4, 0.5) is 0 Å². The summed E-state index contributed by atoms with van der Waals surface area (Å²) in [4.78, 5) is 11.6. The van der Waals surface area contributed by atoms with E-state index in [9.17, 15) is 4.79 Å². The average molecular weight is 263 g/mol. The van der Waals surface area contributed by atoms with E-state index in [2.05, 4.69) is 10.2 Å². The predicted molar refractivity (Wildman–Crippen MR) is 70.7 cm³/mol. The molecule has 0 aliphatic carbocycles. The molecule has 0 aliphatic heterocycles. The Hall–Kier alpha value is -1.65. The first-order chi connectivity index (χ1) is 8.25. The van der Waals surface area contributed by atoms with E-state index in [4.69, 9.17) is 11.6 Å². The van der Waals surface area contributed by atoms with Gasteiger partial charge in [-0.05, 0) is 23.6 Å². The molecule has 2 heterocycles. The quantitative estimate of drug-likeness (QED) is 0.731. The number of thiophene rings is 1. The van der Waals surface area contributed by atoms with Crippen molar-refractivity contribution in [1.29, 1.82) is 0 Å². The van der Waals surface area contributed by atoms with E-state index in [1.54, 1.807) is 6.07 Å². The molecule has 3 aromatic rings. The molecule has 5 heteroatoms. The molecule has 0 aliphatic rings. The zero-order chi connectivity index (χ0) is 11.8. The number of H-pyrrole nitrogens is 1. The molecule has 17 heavy (non-hydrogen) atoms. The Kier molecular flexibility index (Phi) is 2.46. The van der Waals surface area contributed by atoms with E-state index in [0.29, 0.717) is 10.4 Å². The summed E-state index contributed by atoms with van der Waals surface area (Å²) in [5.41, 5.74) is 1.50. The fourth-order valence-electron chi connectivity index (χ4n) is 1.72. The first kappa shape index (κ1) is 10.5. The van der Waals surface area contributed by atoms with Gasteiger partial charge in [-0.3, -0.25) is 4.79 Å². The lowest BCUT2D eigenvalue weighted by atomic mass is 10.1. The lowest BCUT2D eigenvalue weighted by Gasteiger charge is -2.01. The SMILES string of the molecule is O=c1[nH]nc(-c2cccc(Cl)c2)c2sccc12. The Morgan fingerprint density at radius 3 is 3.00 bits per heavy atom. The fraction of sp³-hybridized carbons (Fsp3) is 0. The van der Waals surface area contributed by atoms with Gasteiger partial charge in [0.15, 0.2) is 0 Å². The highest BCUT2D eigenvalue weighted by Gasteiger charge is 2.09. The summed E-state index contributed by atoms with van der Waals surface area (Å²) in [5, 5.41) is 9.81. The molecule has 3 rings (SSSR count). The lowest BCUT2D eigenvalue weighted by molar-refractivity contribution is 1.02. The third-order valence-electron chi connectivity index (χ3n) is 2.49. The summed E-state index contributed by atoms with van der Waals surface area (Å²) in [6.45, 7) is 0. The van der Waals surface area contributed by atoms with Crippen molar-refractivity contribution in [1.82, 2.24) is 10.2 Å². The molecule has 0 saturated carbocycles. The van der Waals surface area contributed by atoms with E-state index in [1.807, 2.05) is 29.6 Å². The maximum absolute atomic E-state index is 11.6. The smallest absolute Gasteiger partial charge is 0.267 e. The fourth-order valence-corrected chi connectivity index (χ4v) is 2.81. The maximum Gasteiger partial charge on any atom is 0.272 e. The van der Waals surface area contributed by atoms with Gasteiger partial charge in [0, 0.05) is 10.6 Å². The van der Waals surface area contributed by atoms with Crippen molar-refractivity contribution in [2.45, 2.75) is 0 Å². The minimum Gasteiger partial charge on any atom is -0.267 e. The van der Waals surface area contributed by atoms with E-state index in [1.165, 1.54) is 11.3 Å². The summed E-state index contributed by atoms with van der Waals surface area (Å²) < 4.78 is 0.885. The van der Waals surface area contributed by atoms with Crippen LogP contribution in [0.3, 0.4) is 0 Å². The third-order valence-corrected chi connectivity index (χ3v) is 3.65. The molecule has 1 aromatic carbocycles. The first-order valence-corrected chi connectivity index (χ1v) is 6.23. The number of halogens is 1. The molecule has 84 valence electrons. The largest absolute Gasteiger partial charge is 0.272 e. The summed E-state index contributed by atoms with van der Waals surface area (Å²) in [6.07, 6.45) is 0. The van der Waals surface area contributed by atoms with E-state index < -0.39 is 0 Å². The zero-order valence-electron chi connectivity index (χ0n) is 8.61. The molecule has 0 radical (unpaired) electrons. The molecule has 0 atom stereocenters. The Morgan fingerprint density at radius 1 is 1.29 bits per heavy atom. The van der Waals surface area contributed by atoms with Gasteiger partial charge in [-0.15, -0.1) is 11.3 Å². The molecule has 0 spiro atoms. The van der Waals surface area contributed by atoms with Gasteiger partial charge in [0.1, 0.15) is 5.69 Å². The Balaban J connectivity index is 2.35. The molecule has 0 amide bonds. The van der Waals surface area contributed by atoms with Gasteiger partial charge in [0.2, 0.25) is 0 Å². The number of hydrogen-bond acceptors (Lipinski definition) is 3. The Labute approximate surface area is 106 Å². The number of nitrogens with zero attached hydrogens (tertiary/aromatic N) is 1. The highest BCUT2D eigenvalue weighted by atomic mass is 35.5. The van der Waals surface area contributed by atoms with Crippen molar-refractivity contribution in [3.63, 3.8) is 0 Å². The molecule has 0 saturated heterocycles. The number of benzene rings is 1. The van der Waals surface area contributed by atoms with Crippen molar-refractivity contribution in [3.8, 4) is 11.3 Å². The number of aromatic nitrogens is 2. The van der Waals surface area contributed by atoms with Crippen LogP contribution < -0.4 is 5.56 Å². The van der Waals surface area contributed by atoms with Gasteiger partial charge in [0.05, 0.1) is 10.1 Å². The number of hydrogen-bond donors (Lipinski definition) is 1. The van der Waals surface area contributed by atoms with E-state index in [0.717, 1.165) is 16.0 Å². The van der Waals surface area contributed by atoms with Crippen LogP contribution in [0, 0.1) is 0 Å². The molecule has 3 nitrogen and oxygen atoms in total. The molecule has 1 N–H and O–H groups in total. The van der Waals surface area contributed by atoms with Crippen LogP contribution in [0.15, 0.2) is 40.5 Å². The maximum atomic E-state index is 11.6. The third kappa shape index (κ3) is 1.75. The number of fused-ring (bicyclic) bond motifs is 1. The highest BCUT2D eigenvalue weighted by Crippen LogP contribution is 2.29. The Morgan fingerprint density at radius 2 is 2.18 bits per heavy atom. The van der Waals surface area contributed by atoms with Gasteiger partial charge in [-0.2, -0.15) is 5.10 Å². The number of nitrogens with one attached hydrogen (secondary N) is 1. The van der Waals surface area contributed by atoms with Crippen molar-refractivity contribution in [2.75, 3.05) is 0 Å². The second kappa shape index (κ2) is 3.98. The van der Waals surface area contributed by atoms with Crippen LogP contribution in [0.5, 0.6) is 0 Å². The number of aromatic amines is 1. The second-order valence-corrected chi connectivity index (χ2v) is 4.93. The number of rotatable bonds is 1. The van der Waals surface area contributed by atoms with Crippen LogP contribution in [0.25, 0.3) is 21.3 Å². The van der Waals surface area contributed by atoms with Gasteiger partial charge in [-0.25, -0.2) is 5.10 Å². The van der Waals surface area contributed by atoms with Crippen LogP contribution in [-0.2, 0) is 0 Å². The normalized spacial score (nSPS) is 10.9. The summed E-state index contributed by atoms with van der Waals surface area (Å²) >= 11 is 7.46. The average Bonchev–Trinajstić information content (AvgIpc) is 2.79. The zero-order valence-corrected chi connectivity index (χ0v) is 10.2. The summed E-state index contributed by atoms with van der Waals surface area (Å²) in [7, 11) is 0. The van der Waals surface area contributed by atoms with Crippen LogP contribution in [-0.4, -0.2) is 10.2 Å². The van der Waals surface area contributed by atoms with Gasteiger partial charge in [0.25, 0.3) is 5.56 Å². The highest BCUT2D eigenvalue weighted by molar-refractivity contribution is 7.17. The molecule has 2 aromatic heterocycles. The van der Waals surface area contributed by atoms with Crippen molar-refractivity contribution >= 4 is 33.0 Å². The van der Waals surface area contributed by atoms with Crippen LogP contribution in [0.1, 0.15) is 0 Å². The second-order valence-electron chi connectivity index (χ2n) is 3.58. The summed E-state index contributed by atoms with van der Waals surface area (Å²) in [6, 6.07) is 9.23. The van der Waals surface area contributed by atoms with E-state index >= 15 is 0 Å². The predicted octanol–water partition coefficient (Wildman–Crippen LogP) is 3.31. The molecule has 0 fully saturated rings. The van der Waals surface area contributed by atoms with Crippen molar-refractivity contribution in [2.24, 2.45) is 0 Å². The van der Waals surface area contributed by atoms with Crippen LogP contribution in [0.2, 0.25) is 5.02 Å². The summed E-state index contributed by atoms with van der Waals surface area (Å²) in [5.74, 6) is 0. The lowest BCUT2D eigenvalue weighted by Crippen LogP contribution is -2.07. The molecule has 0 unspecified atom stereocenters. The van der Waals surface area contributed by atoms with Gasteiger partial charge in [-0.1, -0.05) is 23.7 Å². The minimum atomic E-state index is -0.160. The molecular formula is C12H7ClN2OS. The van der Waals surface area contributed by atoms with E-state index in [-0.39, 0.29) is 5.56 Å². The van der Waals surface area contributed by atoms with Gasteiger partial charge >= 0.3 is 0 Å². The van der Waals surface area contributed by atoms with Crippen molar-refractivity contribution < 1.29 is 0 Å². The Bertz CT molecular complexity index is 747. The molecule has 0 bridgehead atoms. The topological polar surface area (TPSA) is 45.8 Å². The minimum absolute atomic E-state index is 0.160.